The van der Waals surface area contributed by atoms with Gasteiger partial charge < -0.3 is 34.6 Å². The number of methoxy groups -OCH3 is 1. The smallest absolute Gasteiger partial charge is 0.322 e. The lowest BCUT2D eigenvalue weighted by atomic mass is 10.0. The van der Waals surface area contributed by atoms with E-state index in [1.165, 1.54) is 32.4 Å². The topological polar surface area (TPSA) is 101 Å². The summed E-state index contributed by atoms with van der Waals surface area (Å²) in [5, 5.41) is 7.29. The molecule has 1 atom stereocenters. The van der Waals surface area contributed by atoms with Crippen LogP contribution in [-0.2, 0) is 0 Å². The van der Waals surface area contributed by atoms with Crippen LogP contribution in [0.25, 0.3) is 10.9 Å². The van der Waals surface area contributed by atoms with Crippen LogP contribution in [0.1, 0.15) is 51.3 Å². The van der Waals surface area contributed by atoms with Crippen LogP contribution < -0.4 is 24.8 Å². The number of anilines is 1. The molecule has 2 fully saturated rings. The summed E-state index contributed by atoms with van der Waals surface area (Å²) in [6, 6.07) is 10.8. The summed E-state index contributed by atoms with van der Waals surface area (Å²) < 4.78 is 17.6. The van der Waals surface area contributed by atoms with E-state index in [4.69, 9.17) is 14.2 Å². The normalized spacial score (nSPS) is 18.0. The molecule has 2 aliphatic heterocycles. The van der Waals surface area contributed by atoms with Crippen LogP contribution in [0.5, 0.6) is 17.2 Å². The molecule has 2 N–H and O–H groups in total. The third-order valence-corrected chi connectivity index (χ3v) is 7.57. The second-order valence-corrected chi connectivity index (χ2v) is 10.9. The Morgan fingerprint density at radius 2 is 1.88 bits per heavy atom. The van der Waals surface area contributed by atoms with Crippen molar-refractivity contribution in [2.75, 3.05) is 58.3 Å². The molecule has 2 saturated heterocycles. The number of fused-ring (bicyclic) bond motifs is 1. The molecule has 2 amide bonds. The molecule has 10 heteroatoms. The van der Waals surface area contributed by atoms with Crippen LogP contribution in [-0.4, -0.2) is 84.9 Å². The van der Waals surface area contributed by atoms with Crippen LogP contribution in [0, 0.1) is 0 Å². The van der Waals surface area contributed by atoms with Gasteiger partial charge >= 0.3 is 6.03 Å². The quantitative estimate of drug-likeness (QED) is 0.338. The highest BCUT2D eigenvalue weighted by Crippen LogP contribution is 2.35. The molecule has 3 heterocycles. The first-order valence-corrected chi connectivity index (χ1v) is 14.7. The molecule has 1 unspecified atom stereocenters. The Labute approximate surface area is 242 Å². The number of nitrogens with one attached hydrogen (secondary N) is 2. The van der Waals surface area contributed by atoms with Crippen LogP contribution in [0.4, 0.5) is 10.5 Å². The van der Waals surface area contributed by atoms with E-state index in [2.05, 4.69) is 25.5 Å². The van der Waals surface area contributed by atoms with Gasteiger partial charge in [0.05, 0.1) is 37.1 Å². The molecule has 2 aromatic carbocycles. The van der Waals surface area contributed by atoms with Gasteiger partial charge in [-0.3, -0.25) is 0 Å². The van der Waals surface area contributed by atoms with Gasteiger partial charge in [-0.25, -0.2) is 14.8 Å². The number of hydrogen-bond acceptors (Lipinski definition) is 8. The highest BCUT2D eigenvalue weighted by atomic mass is 16.5. The fourth-order valence-electron chi connectivity index (χ4n) is 5.55. The molecule has 0 radical (unpaired) electrons. The van der Waals surface area contributed by atoms with Gasteiger partial charge in [0.25, 0.3) is 0 Å². The monoisotopic (exact) mass is 562 g/mol. The van der Waals surface area contributed by atoms with Gasteiger partial charge in [0.2, 0.25) is 0 Å². The number of amides is 2. The number of aromatic nitrogens is 2. The molecule has 0 aliphatic carbocycles. The van der Waals surface area contributed by atoms with Crippen molar-refractivity contribution >= 4 is 22.6 Å². The summed E-state index contributed by atoms with van der Waals surface area (Å²) in [6.45, 7) is 9.82. The van der Waals surface area contributed by atoms with Gasteiger partial charge in [-0.1, -0.05) is 6.42 Å². The number of piperazine rings is 1. The Bertz CT molecular complexity index is 1300. The predicted molar refractivity (Wildman–Crippen MR) is 160 cm³/mol. The first kappa shape index (κ1) is 28.9. The zero-order chi connectivity index (χ0) is 28.6. The lowest BCUT2D eigenvalue weighted by Crippen LogP contribution is -2.50. The van der Waals surface area contributed by atoms with Gasteiger partial charge in [-0.15, -0.1) is 0 Å². The average molecular weight is 563 g/mol. The van der Waals surface area contributed by atoms with Gasteiger partial charge in [0.15, 0.2) is 11.5 Å². The van der Waals surface area contributed by atoms with E-state index in [1.54, 1.807) is 13.4 Å². The second-order valence-electron chi connectivity index (χ2n) is 10.9. The molecule has 0 bridgehead atoms. The zero-order valence-electron chi connectivity index (χ0n) is 24.4. The maximum atomic E-state index is 13.5. The highest BCUT2D eigenvalue weighted by Gasteiger charge is 2.31. The van der Waals surface area contributed by atoms with E-state index in [9.17, 15) is 4.79 Å². The zero-order valence-corrected chi connectivity index (χ0v) is 24.4. The summed E-state index contributed by atoms with van der Waals surface area (Å²) in [6.07, 6.45) is 6.53. The van der Waals surface area contributed by atoms with Gasteiger partial charge in [0.1, 0.15) is 12.1 Å². The molecule has 0 spiro atoms. The van der Waals surface area contributed by atoms with Crippen LogP contribution in [0.15, 0.2) is 42.7 Å². The Hall–Kier alpha value is -3.63. The van der Waals surface area contributed by atoms with Crippen LogP contribution in [0.3, 0.4) is 0 Å². The summed E-state index contributed by atoms with van der Waals surface area (Å²) >= 11 is 0. The van der Waals surface area contributed by atoms with Crippen LogP contribution >= 0.6 is 0 Å². The van der Waals surface area contributed by atoms with Crippen molar-refractivity contribution in [2.45, 2.75) is 51.7 Å². The molecule has 41 heavy (non-hydrogen) atoms. The Morgan fingerprint density at radius 3 is 2.63 bits per heavy atom. The number of piperidine rings is 1. The largest absolute Gasteiger partial charge is 0.493 e. The average Bonchev–Trinajstić information content (AvgIpc) is 2.99. The number of carbonyl (C=O) groups excluding carboxylic acids is 1. The van der Waals surface area contributed by atoms with E-state index in [-0.39, 0.29) is 18.2 Å². The van der Waals surface area contributed by atoms with E-state index in [0.717, 1.165) is 35.3 Å². The second kappa shape index (κ2) is 13.8. The molecular weight excluding hydrogens is 520 g/mol. The minimum Gasteiger partial charge on any atom is -0.493 e. The summed E-state index contributed by atoms with van der Waals surface area (Å²) in [5.74, 6) is 2.07. The third kappa shape index (κ3) is 7.37. The first-order chi connectivity index (χ1) is 20.0. The number of carbonyl (C=O) groups is 1. The van der Waals surface area contributed by atoms with Crippen molar-refractivity contribution in [1.29, 1.82) is 0 Å². The summed E-state index contributed by atoms with van der Waals surface area (Å²) in [7, 11) is 1.64. The van der Waals surface area contributed by atoms with Crippen molar-refractivity contribution in [3.05, 3.63) is 48.4 Å². The minimum absolute atomic E-state index is 0.0884. The third-order valence-electron chi connectivity index (χ3n) is 7.57. The Morgan fingerprint density at radius 1 is 1.07 bits per heavy atom. The molecule has 2 aliphatic rings. The molecule has 3 aromatic rings. The van der Waals surface area contributed by atoms with Crippen LogP contribution in [0.2, 0.25) is 0 Å². The van der Waals surface area contributed by atoms with E-state index in [1.807, 2.05) is 55.1 Å². The molecule has 10 nitrogen and oxygen atoms in total. The Balaban J connectivity index is 1.30. The van der Waals surface area contributed by atoms with E-state index in [0.29, 0.717) is 43.4 Å². The fourth-order valence-corrected chi connectivity index (χ4v) is 5.55. The lowest BCUT2D eigenvalue weighted by Gasteiger charge is -2.36. The van der Waals surface area contributed by atoms with E-state index >= 15 is 0 Å². The molecule has 0 saturated carbocycles. The summed E-state index contributed by atoms with van der Waals surface area (Å²) in [5.41, 5.74) is 2.24. The SMILES string of the molecule is COc1cc2c(C3CNCCN3C(=O)Nc3ccc(OC(C)C)cc3)ncnc2cc1OCCCN1CCCCC1. The standard InChI is InChI=1S/C31H42N6O4/c1-22(2)41-24-10-8-23(9-11-24)35-31(38)37-16-12-32-20-27(37)30-25-18-28(39-3)29(19-26(25)33-21-34-30)40-17-7-15-36-13-5-4-6-14-36/h8-11,18-19,21-22,27,32H,4-7,12-17,20H2,1-3H3,(H,35,38). The molecular formula is C31H42N6O4. The fraction of sp³-hybridized carbons (Fsp3) is 0.516. The predicted octanol–water partition coefficient (Wildman–Crippen LogP) is 4.86. The lowest BCUT2D eigenvalue weighted by molar-refractivity contribution is 0.170. The number of hydrogen-bond donors (Lipinski definition) is 2. The molecule has 5 rings (SSSR count). The Kier molecular flexibility index (Phi) is 9.74. The number of urea groups is 1. The highest BCUT2D eigenvalue weighted by molar-refractivity contribution is 5.91. The number of nitrogens with zero attached hydrogens (tertiary/aromatic N) is 4. The number of benzene rings is 2. The van der Waals surface area contributed by atoms with Gasteiger partial charge in [0, 0.05) is 43.3 Å². The minimum atomic E-state index is -0.279. The maximum Gasteiger partial charge on any atom is 0.322 e. The maximum absolute atomic E-state index is 13.5. The van der Waals surface area contributed by atoms with Crippen molar-refractivity contribution in [1.82, 2.24) is 25.1 Å². The van der Waals surface area contributed by atoms with Gasteiger partial charge in [-0.2, -0.15) is 0 Å². The number of likely N-dealkylation sites (tertiary alicyclic amines) is 1. The summed E-state index contributed by atoms with van der Waals surface area (Å²) in [4.78, 5) is 27.0. The van der Waals surface area contributed by atoms with Crippen molar-refractivity contribution in [3.8, 4) is 17.2 Å². The van der Waals surface area contributed by atoms with Crippen molar-refractivity contribution in [2.24, 2.45) is 0 Å². The molecule has 220 valence electrons. The van der Waals surface area contributed by atoms with Crippen molar-refractivity contribution < 1.29 is 19.0 Å². The molecule has 1 aromatic heterocycles. The number of rotatable bonds is 10. The van der Waals surface area contributed by atoms with Crippen molar-refractivity contribution in [3.63, 3.8) is 0 Å². The first-order valence-electron chi connectivity index (χ1n) is 14.7. The van der Waals surface area contributed by atoms with E-state index < -0.39 is 0 Å². The van der Waals surface area contributed by atoms with Gasteiger partial charge in [-0.05, 0) is 76.5 Å². The number of ether oxygens (including phenoxy) is 3.